The summed E-state index contributed by atoms with van der Waals surface area (Å²) in [5.41, 5.74) is 1.11. The summed E-state index contributed by atoms with van der Waals surface area (Å²) in [7, 11) is -3.87. The van der Waals surface area contributed by atoms with Crippen LogP contribution in [0.25, 0.3) is 0 Å². The van der Waals surface area contributed by atoms with E-state index >= 15 is 0 Å². The van der Waals surface area contributed by atoms with Crippen LogP contribution in [0.1, 0.15) is 28.3 Å². The summed E-state index contributed by atoms with van der Waals surface area (Å²) in [5, 5.41) is 4.05. The van der Waals surface area contributed by atoms with Gasteiger partial charge in [0, 0.05) is 22.6 Å². The maximum Gasteiger partial charge on any atom is 0.225 e. The van der Waals surface area contributed by atoms with E-state index in [1.807, 2.05) is 6.92 Å². The Kier molecular flexibility index (Phi) is 4.55. The maximum absolute atomic E-state index is 14.3. The van der Waals surface area contributed by atoms with Gasteiger partial charge in [0.1, 0.15) is 4.90 Å². The maximum atomic E-state index is 14.3. The van der Waals surface area contributed by atoms with Crippen LogP contribution in [0.5, 0.6) is 0 Å². The zero-order chi connectivity index (χ0) is 20.1. The standard InChI is InChI=1S/C20H15F2NO3S2/c1-11-5-7-12(8-6-11)28(25,26)16-10-27-20-14(9-17(24)23-19(16)20)13-3-2-4-15(21)18(13)22/h2-8,10,14H,9H2,1H3,(H,23,24)/t14-/m1/s1. The van der Waals surface area contributed by atoms with Crippen LogP contribution >= 0.6 is 11.3 Å². The normalized spacial score (nSPS) is 16.5. The lowest BCUT2D eigenvalue weighted by atomic mass is 9.90. The van der Waals surface area contributed by atoms with Crippen LogP contribution in [-0.4, -0.2) is 14.3 Å². The highest BCUT2D eigenvalue weighted by molar-refractivity contribution is 7.91. The number of nitrogens with one attached hydrogen (secondary N) is 1. The zero-order valence-corrected chi connectivity index (χ0v) is 16.3. The third kappa shape index (κ3) is 3.02. The smallest absolute Gasteiger partial charge is 0.225 e. The van der Waals surface area contributed by atoms with E-state index in [4.69, 9.17) is 0 Å². The van der Waals surface area contributed by atoms with Crippen molar-refractivity contribution < 1.29 is 22.0 Å². The fourth-order valence-corrected chi connectivity index (χ4v) is 6.19. The Morgan fingerprint density at radius 2 is 1.82 bits per heavy atom. The third-order valence-corrected chi connectivity index (χ3v) is 7.77. The minimum absolute atomic E-state index is 0.0359. The van der Waals surface area contributed by atoms with Crippen LogP contribution in [0.2, 0.25) is 0 Å². The van der Waals surface area contributed by atoms with Crippen molar-refractivity contribution in [1.82, 2.24) is 0 Å². The second kappa shape index (κ2) is 6.79. The lowest BCUT2D eigenvalue weighted by molar-refractivity contribution is -0.116. The summed E-state index contributed by atoms with van der Waals surface area (Å²) < 4.78 is 54.2. The molecule has 8 heteroatoms. The number of hydrogen-bond acceptors (Lipinski definition) is 4. The van der Waals surface area contributed by atoms with Crippen molar-refractivity contribution in [2.45, 2.75) is 29.1 Å². The van der Waals surface area contributed by atoms with Crippen molar-refractivity contribution in [1.29, 1.82) is 0 Å². The number of halogens is 2. The van der Waals surface area contributed by atoms with E-state index in [2.05, 4.69) is 5.32 Å². The Morgan fingerprint density at radius 1 is 1.11 bits per heavy atom. The van der Waals surface area contributed by atoms with Gasteiger partial charge < -0.3 is 5.32 Å². The quantitative estimate of drug-likeness (QED) is 0.673. The molecule has 2 aromatic carbocycles. The average molecular weight is 419 g/mol. The van der Waals surface area contributed by atoms with E-state index in [0.29, 0.717) is 4.88 Å². The van der Waals surface area contributed by atoms with Crippen molar-refractivity contribution in [3.63, 3.8) is 0 Å². The fourth-order valence-electron chi connectivity index (χ4n) is 3.29. The van der Waals surface area contributed by atoms with Crippen LogP contribution in [0.15, 0.2) is 57.6 Å². The molecule has 1 aromatic heterocycles. The molecule has 1 aliphatic rings. The number of hydrogen-bond donors (Lipinski definition) is 1. The van der Waals surface area contributed by atoms with Gasteiger partial charge in [0.05, 0.1) is 10.6 Å². The molecule has 0 aliphatic carbocycles. The summed E-state index contributed by atoms with van der Waals surface area (Å²) in [6, 6.07) is 10.2. The topological polar surface area (TPSA) is 63.2 Å². The highest BCUT2D eigenvalue weighted by atomic mass is 32.2. The molecule has 0 fully saturated rings. The highest BCUT2D eigenvalue weighted by Gasteiger charge is 2.35. The first-order valence-electron chi connectivity index (χ1n) is 8.46. The molecule has 3 aromatic rings. The first-order chi connectivity index (χ1) is 13.3. The Labute approximate surface area is 164 Å². The zero-order valence-electron chi connectivity index (χ0n) is 14.7. The molecule has 0 unspecified atom stereocenters. The molecule has 1 N–H and O–H groups in total. The lowest BCUT2D eigenvalue weighted by Gasteiger charge is -2.24. The number of aryl methyl sites for hydroxylation is 1. The average Bonchev–Trinajstić information content (AvgIpc) is 3.08. The molecular weight excluding hydrogens is 404 g/mol. The number of thiophene rings is 1. The Morgan fingerprint density at radius 3 is 2.54 bits per heavy atom. The molecule has 0 saturated carbocycles. The van der Waals surface area contributed by atoms with Gasteiger partial charge in [0.25, 0.3) is 0 Å². The van der Waals surface area contributed by atoms with Gasteiger partial charge in [-0.05, 0) is 30.7 Å². The molecule has 1 atom stereocenters. The summed E-state index contributed by atoms with van der Waals surface area (Å²) in [6.07, 6.45) is -0.0854. The van der Waals surface area contributed by atoms with Crippen LogP contribution in [-0.2, 0) is 14.6 Å². The molecule has 144 valence electrons. The van der Waals surface area contributed by atoms with Crippen molar-refractivity contribution in [3.05, 3.63) is 75.5 Å². The highest BCUT2D eigenvalue weighted by Crippen LogP contribution is 2.46. The SMILES string of the molecule is Cc1ccc(S(=O)(=O)c2csc3c2NC(=O)C[C@@H]3c2cccc(F)c2F)cc1. The number of benzene rings is 2. The van der Waals surface area contributed by atoms with Gasteiger partial charge in [0.15, 0.2) is 11.6 Å². The van der Waals surface area contributed by atoms with E-state index in [9.17, 15) is 22.0 Å². The van der Waals surface area contributed by atoms with E-state index < -0.39 is 33.3 Å². The number of anilines is 1. The molecule has 0 radical (unpaired) electrons. The van der Waals surface area contributed by atoms with Gasteiger partial charge in [-0.15, -0.1) is 11.3 Å². The number of sulfone groups is 1. The van der Waals surface area contributed by atoms with Gasteiger partial charge in [-0.2, -0.15) is 0 Å². The van der Waals surface area contributed by atoms with E-state index in [0.717, 1.165) is 23.0 Å². The molecule has 4 rings (SSSR count). The molecule has 1 aliphatic heterocycles. The molecule has 1 amide bonds. The minimum Gasteiger partial charge on any atom is -0.324 e. The molecular formula is C20H15F2NO3S2. The molecule has 2 heterocycles. The van der Waals surface area contributed by atoms with E-state index in [1.165, 1.54) is 29.6 Å². The van der Waals surface area contributed by atoms with Gasteiger partial charge in [-0.1, -0.05) is 29.8 Å². The summed E-state index contributed by atoms with van der Waals surface area (Å²) in [6.45, 7) is 1.85. The number of fused-ring (bicyclic) bond motifs is 1. The predicted molar refractivity (Wildman–Crippen MR) is 102 cm³/mol. The van der Waals surface area contributed by atoms with Gasteiger partial charge in [-0.25, -0.2) is 17.2 Å². The summed E-state index contributed by atoms with van der Waals surface area (Å²) in [5.74, 6) is -3.22. The lowest BCUT2D eigenvalue weighted by Crippen LogP contribution is -2.24. The fraction of sp³-hybridized carbons (Fsp3) is 0.150. The van der Waals surface area contributed by atoms with Crippen molar-refractivity contribution >= 4 is 32.8 Å². The van der Waals surface area contributed by atoms with E-state index in [1.54, 1.807) is 12.1 Å². The van der Waals surface area contributed by atoms with Crippen LogP contribution < -0.4 is 5.32 Å². The van der Waals surface area contributed by atoms with E-state index in [-0.39, 0.29) is 27.5 Å². The van der Waals surface area contributed by atoms with Crippen LogP contribution in [0.3, 0.4) is 0 Å². The first kappa shape index (κ1) is 18.8. The largest absolute Gasteiger partial charge is 0.324 e. The second-order valence-corrected chi connectivity index (χ2v) is 9.43. The monoisotopic (exact) mass is 419 g/mol. The first-order valence-corrected chi connectivity index (χ1v) is 10.8. The minimum atomic E-state index is -3.87. The molecule has 0 bridgehead atoms. The van der Waals surface area contributed by atoms with Gasteiger partial charge >= 0.3 is 0 Å². The Bertz CT molecular complexity index is 1180. The molecule has 0 spiro atoms. The van der Waals surface area contributed by atoms with Gasteiger partial charge in [-0.3, -0.25) is 4.79 Å². The third-order valence-electron chi connectivity index (χ3n) is 4.73. The summed E-state index contributed by atoms with van der Waals surface area (Å²) in [4.78, 5) is 12.8. The van der Waals surface area contributed by atoms with Crippen LogP contribution in [0.4, 0.5) is 14.5 Å². The van der Waals surface area contributed by atoms with Crippen molar-refractivity contribution in [2.24, 2.45) is 0 Å². The number of carbonyl (C=O) groups is 1. The molecule has 28 heavy (non-hydrogen) atoms. The number of carbonyl (C=O) groups excluding carboxylic acids is 1. The van der Waals surface area contributed by atoms with Gasteiger partial charge in [0.2, 0.25) is 15.7 Å². The Hall–Kier alpha value is -2.58. The summed E-state index contributed by atoms with van der Waals surface area (Å²) >= 11 is 1.11. The number of amides is 1. The predicted octanol–water partition coefficient (Wildman–Crippen LogP) is 4.64. The van der Waals surface area contributed by atoms with Crippen molar-refractivity contribution in [3.8, 4) is 0 Å². The van der Waals surface area contributed by atoms with Crippen LogP contribution in [0, 0.1) is 18.6 Å². The van der Waals surface area contributed by atoms with Crippen molar-refractivity contribution in [2.75, 3.05) is 5.32 Å². The molecule has 4 nitrogen and oxygen atoms in total. The Balaban J connectivity index is 1.85. The second-order valence-electron chi connectivity index (χ2n) is 6.60. The number of rotatable bonds is 3. The molecule has 0 saturated heterocycles.